The van der Waals surface area contributed by atoms with Gasteiger partial charge in [-0.05, 0) is 45.4 Å². The maximum atomic E-state index is 11.8. The molecule has 2 unspecified atom stereocenters. The van der Waals surface area contributed by atoms with Crippen LogP contribution in [0, 0.1) is 5.92 Å². The van der Waals surface area contributed by atoms with E-state index in [1.807, 2.05) is 0 Å². The van der Waals surface area contributed by atoms with Gasteiger partial charge in [-0.25, -0.2) is 0 Å². The van der Waals surface area contributed by atoms with E-state index in [0.29, 0.717) is 0 Å². The van der Waals surface area contributed by atoms with Crippen molar-refractivity contribution in [3.63, 3.8) is 0 Å². The summed E-state index contributed by atoms with van der Waals surface area (Å²) < 4.78 is 0. The van der Waals surface area contributed by atoms with Gasteiger partial charge >= 0.3 is 0 Å². The molecule has 0 aromatic carbocycles. The molecule has 2 fully saturated rings. The van der Waals surface area contributed by atoms with Crippen LogP contribution in [-0.2, 0) is 4.79 Å². The quantitative estimate of drug-likeness (QED) is 0.696. The SMILES string of the molecule is CC1(NC(=O)C2CCC(N)C2)CCC1. The van der Waals surface area contributed by atoms with E-state index >= 15 is 0 Å². The lowest BCUT2D eigenvalue weighted by atomic mass is 9.78. The van der Waals surface area contributed by atoms with Gasteiger partial charge < -0.3 is 11.1 Å². The number of rotatable bonds is 2. The largest absolute Gasteiger partial charge is 0.351 e. The molecule has 0 bridgehead atoms. The third kappa shape index (κ3) is 1.92. The molecule has 2 saturated carbocycles. The normalized spacial score (nSPS) is 35.0. The second-order valence-corrected chi connectivity index (χ2v) is 5.17. The van der Waals surface area contributed by atoms with E-state index in [4.69, 9.17) is 5.73 Å². The Morgan fingerprint density at radius 2 is 2.14 bits per heavy atom. The fraction of sp³-hybridized carbons (Fsp3) is 0.909. The molecule has 14 heavy (non-hydrogen) atoms. The molecular formula is C11H20N2O. The van der Waals surface area contributed by atoms with Crippen molar-refractivity contribution in [2.24, 2.45) is 11.7 Å². The summed E-state index contributed by atoms with van der Waals surface area (Å²) >= 11 is 0. The maximum absolute atomic E-state index is 11.8. The Morgan fingerprint density at radius 1 is 1.43 bits per heavy atom. The highest BCUT2D eigenvalue weighted by atomic mass is 16.2. The lowest BCUT2D eigenvalue weighted by molar-refractivity contribution is -0.127. The summed E-state index contributed by atoms with van der Waals surface area (Å²) in [7, 11) is 0. The number of amides is 1. The van der Waals surface area contributed by atoms with Gasteiger partial charge in [-0.2, -0.15) is 0 Å². The van der Waals surface area contributed by atoms with Gasteiger partial charge in [0.05, 0.1) is 0 Å². The number of hydrogen-bond donors (Lipinski definition) is 2. The number of carbonyl (C=O) groups is 1. The fourth-order valence-electron chi connectivity index (χ4n) is 2.49. The van der Waals surface area contributed by atoms with Crippen molar-refractivity contribution in [2.75, 3.05) is 0 Å². The van der Waals surface area contributed by atoms with Crippen molar-refractivity contribution < 1.29 is 4.79 Å². The Hall–Kier alpha value is -0.570. The summed E-state index contributed by atoms with van der Waals surface area (Å²) in [6.07, 6.45) is 6.38. The van der Waals surface area contributed by atoms with Gasteiger partial charge in [0, 0.05) is 17.5 Å². The number of nitrogens with one attached hydrogen (secondary N) is 1. The molecule has 0 radical (unpaired) electrons. The van der Waals surface area contributed by atoms with E-state index in [9.17, 15) is 4.79 Å². The molecule has 0 spiro atoms. The van der Waals surface area contributed by atoms with Gasteiger partial charge in [0.1, 0.15) is 0 Å². The van der Waals surface area contributed by atoms with E-state index in [1.165, 1.54) is 6.42 Å². The van der Waals surface area contributed by atoms with Crippen LogP contribution in [0.5, 0.6) is 0 Å². The minimum Gasteiger partial charge on any atom is -0.351 e. The average Bonchev–Trinajstić information content (AvgIpc) is 2.49. The topological polar surface area (TPSA) is 55.1 Å². The van der Waals surface area contributed by atoms with Crippen LogP contribution in [-0.4, -0.2) is 17.5 Å². The Kier molecular flexibility index (Phi) is 2.52. The first-order valence-corrected chi connectivity index (χ1v) is 5.67. The van der Waals surface area contributed by atoms with Gasteiger partial charge in [0.2, 0.25) is 5.91 Å². The molecule has 0 aromatic rings. The van der Waals surface area contributed by atoms with Gasteiger partial charge in [-0.3, -0.25) is 4.79 Å². The van der Waals surface area contributed by atoms with Crippen LogP contribution in [0.2, 0.25) is 0 Å². The Labute approximate surface area is 85.4 Å². The summed E-state index contributed by atoms with van der Waals surface area (Å²) in [4.78, 5) is 11.8. The van der Waals surface area contributed by atoms with Gasteiger partial charge in [-0.15, -0.1) is 0 Å². The summed E-state index contributed by atoms with van der Waals surface area (Å²) in [5.74, 6) is 0.419. The van der Waals surface area contributed by atoms with Gasteiger partial charge in [-0.1, -0.05) is 0 Å². The first-order valence-electron chi connectivity index (χ1n) is 5.67. The molecule has 3 heteroatoms. The number of hydrogen-bond acceptors (Lipinski definition) is 2. The highest BCUT2D eigenvalue weighted by Gasteiger charge is 2.36. The number of carbonyl (C=O) groups excluding carboxylic acids is 1. The summed E-state index contributed by atoms with van der Waals surface area (Å²) in [6, 6.07) is 0.250. The molecule has 80 valence electrons. The maximum Gasteiger partial charge on any atom is 0.223 e. The van der Waals surface area contributed by atoms with Crippen molar-refractivity contribution in [1.29, 1.82) is 0 Å². The molecule has 3 N–H and O–H groups in total. The summed E-state index contributed by atoms with van der Waals surface area (Å²) in [5.41, 5.74) is 5.89. The lowest BCUT2D eigenvalue weighted by Crippen LogP contribution is -2.52. The van der Waals surface area contributed by atoms with Crippen LogP contribution in [0.1, 0.15) is 45.4 Å². The number of nitrogens with two attached hydrogens (primary N) is 1. The zero-order chi connectivity index (χ0) is 10.2. The van der Waals surface area contributed by atoms with Crippen LogP contribution >= 0.6 is 0 Å². The van der Waals surface area contributed by atoms with E-state index in [1.54, 1.807) is 0 Å². The highest BCUT2D eigenvalue weighted by molar-refractivity contribution is 5.79. The van der Waals surface area contributed by atoms with Crippen molar-refractivity contribution in [3.8, 4) is 0 Å². The molecule has 0 aromatic heterocycles. The first kappa shape index (κ1) is 9.97. The van der Waals surface area contributed by atoms with Crippen LogP contribution < -0.4 is 11.1 Å². The molecule has 2 aliphatic carbocycles. The molecule has 0 saturated heterocycles. The predicted octanol–water partition coefficient (Wildman–Crippen LogP) is 1.17. The van der Waals surface area contributed by atoms with Gasteiger partial charge in [0.15, 0.2) is 0 Å². The average molecular weight is 196 g/mol. The Balaban J connectivity index is 1.83. The molecule has 3 nitrogen and oxygen atoms in total. The monoisotopic (exact) mass is 196 g/mol. The van der Waals surface area contributed by atoms with Crippen molar-refractivity contribution in [2.45, 2.75) is 57.0 Å². The van der Waals surface area contributed by atoms with Crippen molar-refractivity contribution in [1.82, 2.24) is 5.32 Å². The zero-order valence-corrected chi connectivity index (χ0v) is 8.88. The van der Waals surface area contributed by atoms with Crippen molar-refractivity contribution in [3.05, 3.63) is 0 Å². The van der Waals surface area contributed by atoms with E-state index in [0.717, 1.165) is 32.1 Å². The third-order valence-corrected chi connectivity index (χ3v) is 3.73. The predicted molar refractivity (Wildman–Crippen MR) is 55.7 cm³/mol. The molecule has 1 amide bonds. The molecule has 2 aliphatic rings. The fourth-order valence-corrected chi connectivity index (χ4v) is 2.49. The second kappa shape index (κ2) is 3.54. The van der Waals surface area contributed by atoms with Crippen LogP contribution in [0.4, 0.5) is 0 Å². The molecular weight excluding hydrogens is 176 g/mol. The Bertz CT molecular complexity index is 235. The minimum absolute atomic E-state index is 0.101. The smallest absolute Gasteiger partial charge is 0.223 e. The molecule has 2 atom stereocenters. The highest BCUT2D eigenvalue weighted by Crippen LogP contribution is 2.32. The van der Waals surface area contributed by atoms with Crippen LogP contribution in [0.3, 0.4) is 0 Å². The lowest BCUT2D eigenvalue weighted by Gasteiger charge is -2.39. The first-order chi connectivity index (χ1) is 6.59. The minimum atomic E-state index is 0.101. The molecule has 0 heterocycles. The summed E-state index contributed by atoms with van der Waals surface area (Å²) in [5, 5.41) is 3.16. The molecule has 0 aliphatic heterocycles. The zero-order valence-electron chi connectivity index (χ0n) is 8.88. The van der Waals surface area contributed by atoms with Crippen LogP contribution in [0.15, 0.2) is 0 Å². The summed E-state index contributed by atoms with van der Waals surface area (Å²) in [6.45, 7) is 2.14. The Morgan fingerprint density at radius 3 is 2.57 bits per heavy atom. The van der Waals surface area contributed by atoms with E-state index < -0.39 is 0 Å². The van der Waals surface area contributed by atoms with Gasteiger partial charge in [0.25, 0.3) is 0 Å². The standard InChI is InChI=1S/C11H20N2O/c1-11(5-2-6-11)13-10(14)8-3-4-9(12)7-8/h8-9H,2-7,12H2,1H3,(H,13,14). The van der Waals surface area contributed by atoms with E-state index in [2.05, 4.69) is 12.2 Å². The molecule has 2 rings (SSSR count). The van der Waals surface area contributed by atoms with E-state index in [-0.39, 0.29) is 23.4 Å². The third-order valence-electron chi connectivity index (χ3n) is 3.73. The van der Waals surface area contributed by atoms with Crippen molar-refractivity contribution >= 4 is 5.91 Å². The van der Waals surface area contributed by atoms with Crippen LogP contribution in [0.25, 0.3) is 0 Å². The second-order valence-electron chi connectivity index (χ2n) is 5.17.